The number of piperidine rings is 1. The monoisotopic (exact) mass is 267 g/mol. The molecule has 0 amide bonds. The molecule has 0 spiro atoms. The number of carbonyl (C=O) groups excluding carboxylic acids is 1. The number of hydrogen-bond acceptors (Lipinski definition) is 5. The molecule has 1 aromatic rings. The molecule has 2 rings (SSSR count). The topological polar surface area (TPSA) is 99.5 Å². The lowest BCUT2D eigenvalue weighted by atomic mass is 9.98. The van der Waals surface area contributed by atoms with E-state index in [9.17, 15) is 14.9 Å². The summed E-state index contributed by atoms with van der Waals surface area (Å²) in [6.45, 7) is 2.01. The number of Topliss-reactive ketones (excluding diaryl/α,β-unsaturated/α-hetero) is 1. The first-order valence-corrected chi connectivity index (χ1v) is 6.29. The average Bonchev–Trinajstić information content (AvgIpc) is 2.89. The Labute approximate surface area is 110 Å². The van der Waals surface area contributed by atoms with E-state index >= 15 is 0 Å². The molecule has 0 unspecified atom stereocenters. The number of ketones is 1. The number of aliphatic hydroxyl groups excluding tert-OH is 1. The number of rotatable bonds is 5. The van der Waals surface area contributed by atoms with Crippen molar-refractivity contribution in [2.75, 3.05) is 26.2 Å². The highest BCUT2D eigenvalue weighted by atomic mass is 16.6. The molecule has 7 nitrogen and oxygen atoms in total. The summed E-state index contributed by atoms with van der Waals surface area (Å²) in [6.07, 6.45) is 2.99. The molecule has 0 aromatic carbocycles. The van der Waals surface area contributed by atoms with Gasteiger partial charge in [-0.3, -0.25) is 19.8 Å². The highest BCUT2D eigenvalue weighted by Crippen LogP contribution is 2.17. The fourth-order valence-corrected chi connectivity index (χ4v) is 2.26. The first-order valence-electron chi connectivity index (χ1n) is 6.29. The van der Waals surface area contributed by atoms with Gasteiger partial charge in [0.1, 0.15) is 0 Å². The molecule has 1 fully saturated rings. The van der Waals surface area contributed by atoms with E-state index in [-0.39, 0.29) is 30.3 Å². The van der Waals surface area contributed by atoms with E-state index in [1.54, 1.807) is 0 Å². The van der Waals surface area contributed by atoms with Gasteiger partial charge < -0.3 is 10.1 Å². The van der Waals surface area contributed by atoms with Crippen LogP contribution in [0.15, 0.2) is 12.3 Å². The van der Waals surface area contributed by atoms with Crippen LogP contribution in [0.5, 0.6) is 0 Å². The van der Waals surface area contributed by atoms with Crippen molar-refractivity contribution in [1.29, 1.82) is 0 Å². The third-order valence-electron chi connectivity index (χ3n) is 3.51. The van der Waals surface area contributed by atoms with Gasteiger partial charge in [0.05, 0.1) is 23.4 Å². The normalized spacial score (nSPS) is 17.5. The van der Waals surface area contributed by atoms with E-state index in [4.69, 9.17) is 5.11 Å². The Hall–Kier alpha value is -1.73. The van der Waals surface area contributed by atoms with Crippen molar-refractivity contribution in [3.8, 4) is 0 Å². The van der Waals surface area contributed by atoms with Crippen molar-refractivity contribution in [3.63, 3.8) is 0 Å². The smallest absolute Gasteiger partial charge is 0.287 e. The highest BCUT2D eigenvalue weighted by molar-refractivity contribution is 5.96. The van der Waals surface area contributed by atoms with Gasteiger partial charge in [-0.25, -0.2) is 0 Å². The number of aliphatic hydroxyl groups is 1. The largest absolute Gasteiger partial charge is 0.396 e. The van der Waals surface area contributed by atoms with Gasteiger partial charge in [0.15, 0.2) is 5.78 Å². The molecule has 0 radical (unpaired) electrons. The number of nitrogens with zero attached hydrogens (tertiary/aromatic N) is 2. The van der Waals surface area contributed by atoms with Crippen LogP contribution in [0.2, 0.25) is 0 Å². The van der Waals surface area contributed by atoms with Crippen molar-refractivity contribution in [2.24, 2.45) is 5.92 Å². The second-order valence-electron chi connectivity index (χ2n) is 4.85. The summed E-state index contributed by atoms with van der Waals surface area (Å²) in [7, 11) is 0. The molecule has 2 heterocycles. The van der Waals surface area contributed by atoms with Crippen molar-refractivity contribution in [2.45, 2.75) is 12.8 Å². The maximum Gasteiger partial charge on any atom is 0.287 e. The van der Waals surface area contributed by atoms with Crippen molar-refractivity contribution >= 4 is 11.5 Å². The predicted octanol–water partition coefficient (Wildman–Crippen LogP) is 0.810. The van der Waals surface area contributed by atoms with E-state index in [1.807, 2.05) is 4.90 Å². The van der Waals surface area contributed by atoms with Crippen molar-refractivity contribution in [1.82, 2.24) is 9.88 Å². The van der Waals surface area contributed by atoms with Crippen LogP contribution < -0.4 is 0 Å². The molecule has 7 heteroatoms. The molecule has 1 aliphatic rings. The quantitative estimate of drug-likeness (QED) is 0.467. The van der Waals surface area contributed by atoms with E-state index < -0.39 is 4.92 Å². The fourth-order valence-electron chi connectivity index (χ4n) is 2.26. The van der Waals surface area contributed by atoms with Gasteiger partial charge in [-0.15, -0.1) is 0 Å². The molecule has 1 aliphatic heterocycles. The van der Waals surface area contributed by atoms with Crippen molar-refractivity contribution < 1.29 is 14.8 Å². The third-order valence-corrected chi connectivity index (χ3v) is 3.51. The Bertz CT molecular complexity index is 463. The summed E-state index contributed by atoms with van der Waals surface area (Å²) in [4.78, 5) is 26.6. The average molecular weight is 267 g/mol. The van der Waals surface area contributed by atoms with E-state index in [2.05, 4.69) is 4.98 Å². The minimum absolute atomic E-state index is 0.0951. The second kappa shape index (κ2) is 5.94. The minimum Gasteiger partial charge on any atom is -0.396 e. The minimum atomic E-state index is -0.528. The Morgan fingerprint density at radius 3 is 2.74 bits per heavy atom. The van der Waals surface area contributed by atoms with Crippen LogP contribution in [-0.2, 0) is 0 Å². The predicted molar refractivity (Wildman–Crippen MR) is 68.0 cm³/mol. The zero-order valence-corrected chi connectivity index (χ0v) is 10.5. The summed E-state index contributed by atoms with van der Waals surface area (Å²) >= 11 is 0. The van der Waals surface area contributed by atoms with Crippen LogP contribution in [0, 0.1) is 16.0 Å². The molecule has 0 aliphatic carbocycles. The number of nitrogens with one attached hydrogen (secondary N) is 1. The fraction of sp³-hybridized carbons (Fsp3) is 0.583. The van der Waals surface area contributed by atoms with Crippen LogP contribution in [-0.4, -0.2) is 51.9 Å². The zero-order valence-electron chi connectivity index (χ0n) is 10.5. The van der Waals surface area contributed by atoms with E-state index in [0.717, 1.165) is 25.9 Å². The number of aromatic amines is 1. The maximum atomic E-state index is 12.0. The Balaban J connectivity index is 1.88. The molecular formula is C12H17N3O4. The van der Waals surface area contributed by atoms with Crippen LogP contribution in [0.3, 0.4) is 0 Å². The van der Waals surface area contributed by atoms with Gasteiger partial charge in [-0.05, 0) is 31.8 Å². The van der Waals surface area contributed by atoms with E-state index in [1.165, 1.54) is 12.3 Å². The molecule has 2 N–H and O–H groups in total. The lowest BCUT2D eigenvalue weighted by Gasteiger charge is -2.30. The summed E-state index contributed by atoms with van der Waals surface area (Å²) in [6, 6.07) is 1.27. The van der Waals surface area contributed by atoms with Gasteiger partial charge in [0.2, 0.25) is 0 Å². The molecule has 1 saturated heterocycles. The zero-order chi connectivity index (χ0) is 13.8. The van der Waals surface area contributed by atoms with Gasteiger partial charge in [-0.2, -0.15) is 0 Å². The van der Waals surface area contributed by atoms with E-state index in [0.29, 0.717) is 5.92 Å². The lowest BCUT2D eigenvalue weighted by Crippen LogP contribution is -2.38. The summed E-state index contributed by atoms with van der Waals surface area (Å²) < 4.78 is 0. The Morgan fingerprint density at radius 2 is 2.21 bits per heavy atom. The summed E-state index contributed by atoms with van der Waals surface area (Å²) in [5.74, 6) is 0.188. The number of likely N-dealkylation sites (tertiary alicyclic amines) is 1. The van der Waals surface area contributed by atoms with Crippen LogP contribution in [0.4, 0.5) is 5.69 Å². The summed E-state index contributed by atoms with van der Waals surface area (Å²) in [5, 5.41) is 19.6. The number of nitro groups is 1. The number of hydrogen-bond donors (Lipinski definition) is 2. The number of H-pyrrole nitrogens is 1. The highest BCUT2D eigenvalue weighted by Gasteiger charge is 2.22. The number of aromatic nitrogens is 1. The standard InChI is InChI=1S/C12H17N3O4/c16-8-9-1-3-14(4-2-9)7-12(17)11-5-10(6-13-11)15(18)19/h5-6,9,13,16H,1-4,7-8H2. The van der Waals surface area contributed by atoms with Gasteiger partial charge in [-0.1, -0.05) is 0 Å². The van der Waals surface area contributed by atoms with Crippen LogP contribution in [0.25, 0.3) is 0 Å². The maximum absolute atomic E-state index is 12.0. The van der Waals surface area contributed by atoms with Crippen LogP contribution in [0.1, 0.15) is 23.3 Å². The second-order valence-corrected chi connectivity index (χ2v) is 4.85. The molecule has 0 atom stereocenters. The van der Waals surface area contributed by atoms with Crippen LogP contribution >= 0.6 is 0 Å². The first-order chi connectivity index (χ1) is 9.10. The Morgan fingerprint density at radius 1 is 1.53 bits per heavy atom. The first kappa shape index (κ1) is 13.7. The third kappa shape index (κ3) is 3.39. The van der Waals surface area contributed by atoms with Crippen molar-refractivity contribution in [3.05, 3.63) is 28.1 Å². The number of carbonyl (C=O) groups is 1. The molecule has 104 valence electrons. The summed E-state index contributed by atoms with van der Waals surface area (Å²) in [5.41, 5.74) is 0.179. The molecule has 1 aromatic heterocycles. The molecule has 19 heavy (non-hydrogen) atoms. The van der Waals surface area contributed by atoms with Gasteiger partial charge >= 0.3 is 0 Å². The Kier molecular flexibility index (Phi) is 4.28. The SMILES string of the molecule is O=C(CN1CCC(CO)CC1)c1cc([N+](=O)[O-])c[nH]1. The molecule has 0 bridgehead atoms. The molecular weight excluding hydrogens is 250 g/mol. The lowest BCUT2D eigenvalue weighted by molar-refractivity contribution is -0.384. The van der Waals surface area contributed by atoms with Gasteiger partial charge in [0, 0.05) is 12.7 Å². The van der Waals surface area contributed by atoms with Gasteiger partial charge in [0.25, 0.3) is 5.69 Å². The molecule has 0 saturated carbocycles.